The van der Waals surface area contributed by atoms with Gasteiger partial charge in [-0.05, 0) is 55.7 Å². The molecule has 122 valence electrons. The maximum absolute atomic E-state index is 12.5. The average molecular weight is 335 g/mol. The first kappa shape index (κ1) is 16.8. The number of carbonyl (C=O) groups is 1. The number of aryl methyl sites for hydroxylation is 3. The fourth-order valence-corrected chi connectivity index (χ4v) is 3.57. The molecule has 23 heavy (non-hydrogen) atoms. The molecule has 0 aliphatic rings. The lowest BCUT2D eigenvalue weighted by Crippen LogP contribution is -2.15. The van der Waals surface area contributed by atoms with Crippen LogP contribution in [-0.2, 0) is 10.0 Å². The third-order valence-corrected chi connectivity index (χ3v) is 5.08. The van der Waals surface area contributed by atoms with E-state index in [0.717, 1.165) is 23.3 Å². The van der Waals surface area contributed by atoms with E-state index in [2.05, 4.69) is 4.72 Å². The molecule has 0 saturated heterocycles. The van der Waals surface area contributed by atoms with Crippen molar-refractivity contribution >= 4 is 21.7 Å². The van der Waals surface area contributed by atoms with E-state index in [1.165, 1.54) is 6.07 Å². The van der Waals surface area contributed by atoms with Crippen LogP contribution < -0.4 is 4.72 Å². The summed E-state index contributed by atoms with van der Waals surface area (Å²) >= 11 is 0. The summed E-state index contributed by atoms with van der Waals surface area (Å²) in [7, 11) is -3.84. The third kappa shape index (κ3) is 3.45. The van der Waals surface area contributed by atoms with Gasteiger partial charge >= 0.3 is 5.97 Å². The van der Waals surface area contributed by atoms with Gasteiger partial charge in [-0.15, -0.1) is 0 Å². The summed E-state index contributed by atoms with van der Waals surface area (Å²) < 4.78 is 27.4. The number of carboxylic acids is 1. The SMILES string of the molecule is Cc1cc(C)c(S(=O)(=O)Nc2ccc(C(=O)O)c(O)c2)cc1C. The lowest BCUT2D eigenvalue weighted by Gasteiger charge is -2.13. The summed E-state index contributed by atoms with van der Waals surface area (Å²) in [6.07, 6.45) is 0. The fourth-order valence-electron chi connectivity index (χ4n) is 2.21. The van der Waals surface area contributed by atoms with Gasteiger partial charge in [0.15, 0.2) is 0 Å². The maximum Gasteiger partial charge on any atom is 0.339 e. The number of hydrogen-bond acceptors (Lipinski definition) is 4. The highest BCUT2D eigenvalue weighted by Gasteiger charge is 2.19. The zero-order valence-electron chi connectivity index (χ0n) is 12.9. The molecule has 0 aliphatic heterocycles. The van der Waals surface area contributed by atoms with Crippen molar-refractivity contribution in [2.24, 2.45) is 0 Å². The molecule has 2 aromatic rings. The molecule has 0 heterocycles. The molecule has 0 saturated carbocycles. The largest absolute Gasteiger partial charge is 0.507 e. The first-order chi connectivity index (χ1) is 10.6. The van der Waals surface area contributed by atoms with Crippen LogP contribution in [0.2, 0.25) is 0 Å². The summed E-state index contributed by atoms with van der Waals surface area (Å²) in [6, 6.07) is 6.87. The monoisotopic (exact) mass is 335 g/mol. The molecule has 0 atom stereocenters. The van der Waals surface area contributed by atoms with Gasteiger partial charge in [0.1, 0.15) is 11.3 Å². The summed E-state index contributed by atoms with van der Waals surface area (Å²) in [6.45, 7) is 5.42. The highest BCUT2D eigenvalue weighted by atomic mass is 32.2. The number of nitrogens with one attached hydrogen (secondary N) is 1. The second-order valence-electron chi connectivity index (χ2n) is 5.34. The predicted octanol–water partition coefficient (Wildman–Crippen LogP) is 2.82. The van der Waals surface area contributed by atoms with Crippen molar-refractivity contribution in [1.82, 2.24) is 0 Å². The van der Waals surface area contributed by atoms with Crippen molar-refractivity contribution in [3.8, 4) is 5.75 Å². The van der Waals surface area contributed by atoms with Crippen LogP contribution in [0.25, 0.3) is 0 Å². The highest BCUT2D eigenvalue weighted by Crippen LogP contribution is 2.26. The fraction of sp³-hybridized carbons (Fsp3) is 0.188. The van der Waals surface area contributed by atoms with Crippen molar-refractivity contribution in [3.63, 3.8) is 0 Å². The van der Waals surface area contributed by atoms with Gasteiger partial charge in [-0.25, -0.2) is 13.2 Å². The number of carboxylic acid groups (broad SMARTS) is 1. The summed E-state index contributed by atoms with van der Waals surface area (Å²) in [5.74, 6) is -1.79. The Bertz CT molecular complexity index is 888. The number of rotatable bonds is 4. The maximum atomic E-state index is 12.5. The van der Waals surface area contributed by atoms with E-state index in [1.807, 2.05) is 13.8 Å². The number of hydrogen-bond donors (Lipinski definition) is 3. The first-order valence-electron chi connectivity index (χ1n) is 6.79. The Morgan fingerprint density at radius 1 is 1.00 bits per heavy atom. The topological polar surface area (TPSA) is 104 Å². The molecule has 0 spiro atoms. The standard InChI is InChI=1S/C16H17NO5S/c1-9-6-11(3)15(7-10(9)2)23(21,22)17-12-4-5-13(16(19)20)14(18)8-12/h4-8,17-18H,1-3H3,(H,19,20). The molecular weight excluding hydrogens is 318 g/mol. The molecule has 0 amide bonds. The van der Waals surface area contributed by atoms with Crippen LogP contribution in [0.3, 0.4) is 0 Å². The Kier molecular flexibility index (Phi) is 4.33. The van der Waals surface area contributed by atoms with E-state index in [9.17, 15) is 18.3 Å². The lowest BCUT2D eigenvalue weighted by atomic mass is 10.1. The van der Waals surface area contributed by atoms with Crippen molar-refractivity contribution in [1.29, 1.82) is 0 Å². The molecular formula is C16H17NO5S. The molecule has 0 bridgehead atoms. The average Bonchev–Trinajstić information content (AvgIpc) is 2.41. The minimum Gasteiger partial charge on any atom is -0.507 e. The van der Waals surface area contributed by atoms with Gasteiger partial charge in [-0.1, -0.05) is 6.07 Å². The quantitative estimate of drug-likeness (QED) is 0.797. The molecule has 0 fully saturated rings. The zero-order chi connectivity index (χ0) is 17.4. The Hall–Kier alpha value is -2.54. The summed E-state index contributed by atoms with van der Waals surface area (Å²) in [5.41, 5.74) is 2.23. The van der Waals surface area contributed by atoms with Gasteiger partial charge in [0.05, 0.1) is 10.6 Å². The van der Waals surface area contributed by atoms with Crippen LogP contribution in [0.4, 0.5) is 5.69 Å². The minimum atomic E-state index is -3.84. The Labute approximate surface area is 134 Å². The number of anilines is 1. The number of benzene rings is 2. The predicted molar refractivity (Wildman–Crippen MR) is 86.5 cm³/mol. The van der Waals surface area contributed by atoms with Crippen LogP contribution >= 0.6 is 0 Å². The Morgan fingerprint density at radius 3 is 2.17 bits per heavy atom. The first-order valence-corrected chi connectivity index (χ1v) is 8.27. The molecule has 0 aliphatic carbocycles. The van der Waals surface area contributed by atoms with E-state index in [1.54, 1.807) is 19.1 Å². The molecule has 2 aromatic carbocycles. The van der Waals surface area contributed by atoms with E-state index in [-0.39, 0.29) is 16.1 Å². The molecule has 7 heteroatoms. The van der Waals surface area contributed by atoms with Gasteiger partial charge in [-0.2, -0.15) is 0 Å². The van der Waals surface area contributed by atoms with Crippen LogP contribution in [0.15, 0.2) is 35.2 Å². The number of aromatic carboxylic acids is 1. The number of sulfonamides is 1. The van der Waals surface area contributed by atoms with Crippen LogP contribution in [0.1, 0.15) is 27.0 Å². The van der Waals surface area contributed by atoms with Gasteiger partial charge in [0.25, 0.3) is 10.0 Å². The molecule has 2 rings (SSSR count). The Morgan fingerprint density at radius 2 is 1.61 bits per heavy atom. The third-order valence-electron chi connectivity index (χ3n) is 3.56. The van der Waals surface area contributed by atoms with E-state index in [4.69, 9.17) is 5.11 Å². The van der Waals surface area contributed by atoms with Crippen molar-refractivity contribution in [2.45, 2.75) is 25.7 Å². The van der Waals surface area contributed by atoms with E-state index >= 15 is 0 Å². The van der Waals surface area contributed by atoms with Crippen molar-refractivity contribution in [3.05, 3.63) is 52.6 Å². The van der Waals surface area contributed by atoms with Gasteiger partial charge in [-0.3, -0.25) is 4.72 Å². The number of phenols is 1. The van der Waals surface area contributed by atoms with E-state index < -0.39 is 21.7 Å². The smallest absolute Gasteiger partial charge is 0.339 e. The molecule has 0 unspecified atom stereocenters. The summed E-state index contributed by atoms with van der Waals surface area (Å²) in [5, 5.41) is 18.5. The van der Waals surface area contributed by atoms with Crippen molar-refractivity contribution < 1.29 is 23.4 Å². The summed E-state index contributed by atoms with van der Waals surface area (Å²) in [4.78, 5) is 11.0. The second-order valence-corrected chi connectivity index (χ2v) is 7.00. The normalized spacial score (nSPS) is 11.3. The molecule has 3 N–H and O–H groups in total. The van der Waals surface area contributed by atoms with Crippen molar-refractivity contribution in [2.75, 3.05) is 4.72 Å². The molecule has 6 nitrogen and oxygen atoms in total. The number of aromatic hydroxyl groups is 1. The zero-order valence-corrected chi connectivity index (χ0v) is 13.7. The Balaban J connectivity index is 2.41. The molecule has 0 radical (unpaired) electrons. The lowest BCUT2D eigenvalue weighted by molar-refractivity contribution is 0.0694. The second kappa shape index (κ2) is 5.92. The van der Waals surface area contributed by atoms with E-state index in [0.29, 0.717) is 5.56 Å². The molecule has 0 aromatic heterocycles. The van der Waals surface area contributed by atoms with Crippen LogP contribution in [-0.4, -0.2) is 24.6 Å². The minimum absolute atomic E-state index is 0.0881. The highest BCUT2D eigenvalue weighted by molar-refractivity contribution is 7.92. The van der Waals surface area contributed by atoms with Crippen LogP contribution in [0.5, 0.6) is 5.75 Å². The van der Waals surface area contributed by atoms with Gasteiger partial charge < -0.3 is 10.2 Å². The van der Waals surface area contributed by atoms with Gasteiger partial charge in [0, 0.05) is 6.07 Å². The van der Waals surface area contributed by atoms with Crippen LogP contribution in [0, 0.1) is 20.8 Å². The van der Waals surface area contributed by atoms with Gasteiger partial charge in [0.2, 0.25) is 0 Å².